The van der Waals surface area contributed by atoms with Crippen molar-refractivity contribution >= 4 is 15.9 Å². The minimum absolute atomic E-state index is 0.121. The second-order valence-electron chi connectivity index (χ2n) is 6.05. The normalized spacial score (nSPS) is 28.7. The maximum Gasteiger partial charge on any atom is 0.140 e. The van der Waals surface area contributed by atoms with Gasteiger partial charge in [0.25, 0.3) is 0 Å². The maximum atomic E-state index is 5.38. The Bertz CT molecular complexity index is 660. The van der Waals surface area contributed by atoms with E-state index < -0.39 is 0 Å². The van der Waals surface area contributed by atoms with Gasteiger partial charge < -0.3 is 4.52 Å². The molecular weight excluding hydrogens is 306 g/mol. The van der Waals surface area contributed by atoms with Gasteiger partial charge in [0, 0.05) is 30.0 Å². The molecule has 0 aliphatic heterocycles. The van der Waals surface area contributed by atoms with Gasteiger partial charge in [0.1, 0.15) is 10.4 Å². The molecule has 100 valence electrons. The average Bonchev–Trinajstić information content (AvgIpc) is 2.93. The number of aromatic nitrogens is 3. The molecule has 0 N–H and O–H groups in total. The summed E-state index contributed by atoms with van der Waals surface area (Å²) in [6, 6.07) is 0. The standard InChI is InChI=1S/C14H16BrN3O/c1-14-6-8-7-16-19-11(8)5-9(14)3-4-10-12(14)17-18(2)13(10)15/h7,9H,3-6H2,1-2H3. The third kappa shape index (κ3) is 1.45. The van der Waals surface area contributed by atoms with Crippen molar-refractivity contribution in [2.75, 3.05) is 0 Å². The smallest absolute Gasteiger partial charge is 0.140 e. The van der Waals surface area contributed by atoms with Crippen molar-refractivity contribution in [1.82, 2.24) is 14.9 Å². The molecule has 2 aromatic rings. The predicted molar refractivity (Wildman–Crippen MR) is 74.0 cm³/mol. The molecule has 19 heavy (non-hydrogen) atoms. The summed E-state index contributed by atoms with van der Waals surface area (Å²) in [5, 5.41) is 8.74. The molecule has 2 heterocycles. The first-order chi connectivity index (χ1) is 9.09. The van der Waals surface area contributed by atoms with Gasteiger partial charge >= 0.3 is 0 Å². The molecule has 0 bridgehead atoms. The second kappa shape index (κ2) is 3.72. The van der Waals surface area contributed by atoms with Crippen molar-refractivity contribution in [3.63, 3.8) is 0 Å². The summed E-state index contributed by atoms with van der Waals surface area (Å²) in [5.74, 6) is 1.70. The number of fused-ring (bicyclic) bond motifs is 4. The summed E-state index contributed by atoms with van der Waals surface area (Å²) in [4.78, 5) is 0. The predicted octanol–water partition coefficient (Wildman–Crippen LogP) is 2.79. The van der Waals surface area contributed by atoms with Crippen molar-refractivity contribution in [1.29, 1.82) is 0 Å². The number of nitrogens with zero attached hydrogens (tertiary/aromatic N) is 3. The van der Waals surface area contributed by atoms with Gasteiger partial charge in [-0.1, -0.05) is 12.1 Å². The minimum atomic E-state index is 0.121. The van der Waals surface area contributed by atoms with E-state index in [1.54, 1.807) is 0 Å². The summed E-state index contributed by atoms with van der Waals surface area (Å²) in [6.07, 6.45) is 6.18. The van der Waals surface area contributed by atoms with Crippen molar-refractivity contribution in [2.24, 2.45) is 13.0 Å². The van der Waals surface area contributed by atoms with Gasteiger partial charge in [-0.15, -0.1) is 0 Å². The molecule has 0 radical (unpaired) electrons. The van der Waals surface area contributed by atoms with Gasteiger partial charge in [0.05, 0.1) is 11.9 Å². The summed E-state index contributed by atoms with van der Waals surface area (Å²) < 4.78 is 8.48. The Morgan fingerprint density at radius 3 is 3.21 bits per heavy atom. The Kier molecular flexibility index (Phi) is 2.29. The quantitative estimate of drug-likeness (QED) is 0.749. The van der Waals surface area contributed by atoms with E-state index >= 15 is 0 Å². The molecule has 2 aliphatic rings. The summed E-state index contributed by atoms with van der Waals surface area (Å²) >= 11 is 3.67. The van der Waals surface area contributed by atoms with Crippen LogP contribution in [0.25, 0.3) is 0 Å². The molecular formula is C14H16BrN3O. The minimum Gasteiger partial charge on any atom is -0.361 e. The molecule has 4 nitrogen and oxygen atoms in total. The van der Waals surface area contributed by atoms with Gasteiger partial charge in [-0.05, 0) is 41.1 Å². The van der Waals surface area contributed by atoms with Gasteiger partial charge in [-0.2, -0.15) is 5.10 Å². The Labute approximate surface area is 120 Å². The average molecular weight is 322 g/mol. The van der Waals surface area contributed by atoms with Crippen molar-refractivity contribution in [3.05, 3.63) is 33.4 Å². The van der Waals surface area contributed by atoms with E-state index in [1.165, 1.54) is 23.2 Å². The van der Waals surface area contributed by atoms with Crippen molar-refractivity contribution in [3.8, 4) is 0 Å². The topological polar surface area (TPSA) is 43.9 Å². The van der Waals surface area contributed by atoms with Gasteiger partial charge in [-0.3, -0.25) is 4.68 Å². The van der Waals surface area contributed by atoms with Gasteiger partial charge in [0.2, 0.25) is 0 Å². The van der Waals surface area contributed by atoms with Crippen molar-refractivity contribution < 1.29 is 4.52 Å². The molecule has 2 unspecified atom stereocenters. The molecule has 4 rings (SSSR count). The zero-order valence-electron chi connectivity index (χ0n) is 11.1. The van der Waals surface area contributed by atoms with Crippen LogP contribution in [0.1, 0.15) is 35.9 Å². The molecule has 0 saturated carbocycles. The lowest BCUT2D eigenvalue weighted by Gasteiger charge is -2.43. The van der Waals surface area contributed by atoms with Crippen LogP contribution < -0.4 is 0 Å². The first-order valence-electron chi connectivity index (χ1n) is 6.74. The molecule has 0 fully saturated rings. The van der Waals surface area contributed by atoms with Gasteiger partial charge in [-0.25, -0.2) is 0 Å². The van der Waals surface area contributed by atoms with E-state index in [9.17, 15) is 0 Å². The number of halogens is 1. The fraction of sp³-hybridized carbons (Fsp3) is 0.571. The zero-order valence-corrected chi connectivity index (χ0v) is 12.7. The number of rotatable bonds is 0. The number of aryl methyl sites for hydroxylation is 1. The van der Waals surface area contributed by atoms with Crippen molar-refractivity contribution in [2.45, 2.75) is 38.0 Å². The lowest BCUT2D eigenvalue weighted by atomic mass is 9.60. The highest BCUT2D eigenvalue weighted by molar-refractivity contribution is 9.10. The Morgan fingerprint density at radius 1 is 1.53 bits per heavy atom. The first kappa shape index (κ1) is 11.7. The summed E-state index contributed by atoms with van der Waals surface area (Å²) in [6.45, 7) is 2.35. The fourth-order valence-electron chi connectivity index (χ4n) is 3.83. The first-order valence-corrected chi connectivity index (χ1v) is 7.53. The molecule has 2 atom stereocenters. The molecule has 0 aromatic carbocycles. The maximum absolute atomic E-state index is 5.38. The van der Waals surface area contributed by atoms with Crippen LogP contribution in [-0.2, 0) is 31.7 Å². The molecule has 0 spiro atoms. The van der Waals surface area contributed by atoms with E-state index in [2.05, 4.69) is 28.0 Å². The van der Waals surface area contributed by atoms with Crippen LogP contribution >= 0.6 is 15.9 Å². The second-order valence-corrected chi connectivity index (χ2v) is 6.80. The highest BCUT2D eigenvalue weighted by Gasteiger charge is 2.47. The molecule has 2 aliphatic carbocycles. The Morgan fingerprint density at radius 2 is 2.37 bits per heavy atom. The van der Waals surface area contributed by atoms with Crippen LogP contribution in [0, 0.1) is 5.92 Å². The Balaban J connectivity index is 1.88. The van der Waals surface area contributed by atoms with E-state index in [4.69, 9.17) is 9.62 Å². The van der Waals surface area contributed by atoms with Crippen LogP contribution in [0.4, 0.5) is 0 Å². The SMILES string of the molecule is Cn1nc2c(c1Br)CCC1Cc3oncc3CC21C. The lowest BCUT2D eigenvalue weighted by molar-refractivity contribution is 0.206. The highest BCUT2D eigenvalue weighted by atomic mass is 79.9. The fourth-order valence-corrected chi connectivity index (χ4v) is 4.30. The largest absolute Gasteiger partial charge is 0.361 e. The van der Waals surface area contributed by atoms with Crippen LogP contribution in [0.2, 0.25) is 0 Å². The molecule has 2 aromatic heterocycles. The zero-order chi connectivity index (χ0) is 13.2. The van der Waals surface area contributed by atoms with E-state index in [0.717, 1.165) is 29.6 Å². The summed E-state index contributed by atoms with van der Waals surface area (Å²) in [7, 11) is 2.01. The number of hydrogen-bond acceptors (Lipinski definition) is 3. The monoisotopic (exact) mass is 321 g/mol. The van der Waals surface area contributed by atoms with Crippen LogP contribution in [0.3, 0.4) is 0 Å². The Hall–Kier alpha value is -1.10. The van der Waals surface area contributed by atoms with E-state index in [0.29, 0.717) is 5.92 Å². The van der Waals surface area contributed by atoms with Crippen LogP contribution in [-0.4, -0.2) is 14.9 Å². The number of hydrogen-bond donors (Lipinski definition) is 0. The third-order valence-corrected chi connectivity index (χ3v) is 5.96. The molecule has 0 amide bonds. The molecule has 5 heteroatoms. The molecule has 0 saturated heterocycles. The van der Waals surface area contributed by atoms with Crippen LogP contribution in [0.15, 0.2) is 15.3 Å². The van der Waals surface area contributed by atoms with E-state index in [-0.39, 0.29) is 5.41 Å². The van der Waals surface area contributed by atoms with Gasteiger partial charge in [0.15, 0.2) is 0 Å². The third-order valence-electron chi connectivity index (χ3n) is 4.97. The lowest BCUT2D eigenvalue weighted by Crippen LogP contribution is -2.43. The highest BCUT2D eigenvalue weighted by Crippen LogP contribution is 2.49. The van der Waals surface area contributed by atoms with Crippen LogP contribution in [0.5, 0.6) is 0 Å². The van der Waals surface area contributed by atoms with E-state index in [1.807, 2.05) is 17.9 Å². The summed E-state index contributed by atoms with van der Waals surface area (Å²) in [5.41, 5.74) is 4.04.